The maximum absolute atomic E-state index is 12.6. The lowest BCUT2D eigenvalue weighted by atomic mass is 9.98. The average molecular weight is 461 g/mol. The summed E-state index contributed by atoms with van der Waals surface area (Å²) in [5.74, 6) is -2.73. The minimum Gasteiger partial charge on any atom is -0.504 e. The van der Waals surface area contributed by atoms with Crippen molar-refractivity contribution in [3.8, 4) is 16.9 Å². The molecule has 1 unspecified atom stereocenters. The van der Waals surface area contributed by atoms with Gasteiger partial charge in [-0.2, -0.15) is 0 Å². The molecular weight excluding hydrogens is 438 g/mol. The molecule has 3 aromatic rings. The fourth-order valence-corrected chi connectivity index (χ4v) is 4.01. The van der Waals surface area contributed by atoms with E-state index in [0.29, 0.717) is 5.69 Å². The maximum atomic E-state index is 12.6. The van der Waals surface area contributed by atoms with Crippen molar-refractivity contribution >= 4 is 23.8 Å². The Morgan fingerprint density at radius 3 is 2.24 bits per heavy atom. The Labute approximate surface area is 195 Å². The lowest BCUT2D eigenvalue weighted by Crippen LogP contribution is -2.45. The number of carbonyl (C=O) groups excluding carboxylic acids is 2. The van der Waals surface area contributed by atoms with Crippen LogP contribution < -0.4 is 10.6 Å². The van der Waals surface area contributed by atoms with Gasteiger partial charge in [0.2, 0.25) is 5.91 Å². The molecule has 0 saturated carbocycles. The van der Waals surface area contributed by atoms with Gasteiger partial charge in [0.05, 0.1) is 6.42 Å². The SMILES string of the molecule is Cc1ccc(O)c(NC(=O)C(CC(=O)O)NC(=O)OCC2c3ccccc3-c3ccccc32)n1. The Morgan fingerprint density at radius 2 is 1.62 bits per heavy atom. The molecule has 0 saturated heterocycles. The number of carboxylic acids is 1. The number of anilines is 1. The quantitative estimate of drug-likeness (QED) is 0.423. The van der Waals surface area contributed by atoms with Gasteiger partial charge in [0.15, 0.2) is 11.6 Å². The number of benzene rings is 2. The average Bonchev–Trinajstić information content (AvgIpc) is 3.13. The standard InChI is InChI=1S/C25H23N3O6/c1-14-10-11-21(29)23(26-14)28-24(32)20(12-22(30)31)27-25(33)34-13-19-17-8-4-2-6-15(17)16-7-3-5-9-18(16)19/h2-11,19-20,29H,12-13H2,1H3,(H,27,33)(H,30,31)(H,26,28,32). The normalized spacial score (nSPS) is 12.9. The molecule has 4 N–H and O–H groups in total. The number of aliphatic carboxylic acids is 1. The van der Waals surface area contributed by atoms with Gasteiger partial charge in [0.25, 0.3) is 0 Å². The number of pyridine rings is 1. The summed E-state index contributed by atoms with van der Waals surface area (Å²) >= 11 is 0. The number of fused-ring (bicyclic) bond motifs is 3. The van der Waals surface area contributed by atoms with Gasteiger partial charge in [-0.05, 0) is 41.3 Å². The van der Waals surface area contributed by atoms with Crippen LogP contribution in [-0.4, -0.2) is 45.8 Å². The van der Waals surface area contributed by atoms with E-state index in [1.54, 1.807) is 13.0 Å². The molecule has 1 atom stereocenters. The molecule has 0 spiro atoms. The maximum Gasteiger partial charge on any atom is 0.407 e. The monoisotopic (exact) mass is 461 g/mol. The van der Waals surface area contributed by atoms with Crippen LogP contribution in [0.4, 0.5) is 10.6 Å². The molecule has 0 bridgehead atoms. The number of carboxylic acid groups (broad SMARTS) is 1. The van der Waals surface area contributed by atoms with E-state index in [2.05, 4.69) is 15.6 Å². The summed E-state index contributed by atoms with van der Waals surface area (Å²) in [7, 11) is 0. The van der Waals surface area contributed by atoms with Gasteiger partial charge < -0.3 is 25.6 Å². The van der Waals surface area contributed by atoms with E-state index >= 15 is 0 Å². The molecule has 2 aromatic carbocycles. The van der Waals surface area contributed by atoms with Crippen molar-refractivity contribution in [1.29, 1.82) is 0 Å². The summed E-state index contributed by atoms with van der Waals surface area (Å²) in [6.45, 7) is 1.68. The number of aryl methyl sites for hydroxylation is 1. The highest BCUT2D eigenvalue weighted by Crippen LogP contribution is 2.44. The zero-order valence-corrected chi connectivity index (χ0v) is 18.3. The Bertz CT molecular complexity index is 1210. The molecule has 1 aromatic heterocycles. The Hall–Kier alpha value is -4.40. The number of hydrogen-bond donors (Lipinski definition) is 4. The summed E-state index contributed by atoms with van der Waals surface area (Å²) in [5, 5.41) is 23.7. The number of amides is 2. The van der Waals surface area contributed by atoms with Crippen LogP contribution in [0.2, 0.25) is 0 Å². The van der Waals surface area contributed by atoms with Crippen molar-refractivity contribution in [2.75, 3.05) is 11.9 Å². The largest absolute Gasteiger partial charge is 0.504 e. The number of nitrogens with one attached hydrogen (secondary N) is 2. The van der Waals surface area contributed by atoms with E-state index in [1.165, 1.54) is 6.07 Å². The van der Waals surface area contributed by atoms with Gasteiger partial charge in [0.1, 0.15) is 12.6 Å². The topological polar surface area (TPSA) is 138 Å². The van der Waals surface area contributed by atoms with Crippen molar-refractivity contribution in [3.63, 3.8) is 0 Å². The molecule has 0 fully saturated rings. The second kappa shape index (κ2) is 9.62. The Kier molecular flexibility index (Phi) is 6.44. The first-order chi connectivity index (χ1) is 16.3. The molecule has 1 heterocycles. The molecular formula is C25H23N3O6. The molecule has 4 rings (SSSR count). The number of nitrogens with zero attached hydrogens (tertiary/aromatic N) is 1. The van der Waals surface area contributed by atoms with Gasteiger partial charge in [-0.25, -0.2) is 9.78 Å². The zero-order valence-electron chi connectivity index (χ0n) is 18.3. The molecule has 1 aliphatic carbocycles. The third-order valence-electron chi connectivity index (χ3n) is 5.59. The fourth-order valence-electron chi connectivity index (χ4n) is 4.01. The predicted octanol–water partition coefficient (Wildman–Crippen LogP) is 3.42. The second-order valence-corrected chi connectivity index (χ2v) is 7.93. The van der Waals surface area contributed by atoms with Crippen LogP contribution in [0.5, 0.6) is 5.75 Å². The number of aromatic nitrogens is 1. The van der Waals surface area contributed by atoms with E-state index < -0.39 is 30.4 Å². The number of rotatable bonds is 7. The summed E-state index contributed by atoms with van der Waals surface area (Å²) in [4.78, 5) is 40.4. The van der Waals surface area contributed by atoms with E-state index in [-0.39, 0.29) is 24.1 Å². The van der Waals surface area contributed by atoms with Crippen molar-refractivity contribution in [3.05, 3.63) is 77.5 Å². The van der Waals surface area contributed by atoms with Crippen molar-refractivity contribution in [2.45, 2.75) is 25.3 Å². The van der Waals surface area contributed by atoms with E-state index in [9.17, 15) is 24.6 Å². The summed E-state index contributed by atoms with van der Waals surface area (Å²) in [6, 6.07) is 17.2. The highest BCUT2D eigenvalue weighted by Gasteiger charge is 2.30. The first-order valence-electron chi connectivity index (χ1n) is 10.6. The first kappa shape index (κ1) is 22.8. The van der Waals surface area contributed by atoms with Crippen LogP contribution in [0, 0.1) is 6.92 Å². The van der Waals surface area contributed by atoms with Gasteiger partial charge in [-0.15, -0.1) is 0 Å². The molecule has 174 valence electrons. The number of alkyl carbamates (subject to hydrolysis) is 1. The van der Waals surface area contributed by atoms with Crippen LogP contribution in [0.1, 0.15) is 29.2 Å². The zero-order chi connectivity index (χ0) is 24.2. The third-order valence-corrected chi connectivity index (χ3v) is 5.59. The molecule has 34 heavy (non-hydrogen) atoms. The van der Waals surface area contributed by atoms with Crippen LogP contribution in [0.15, 0.2) is 60.7 Å². The van der Waals surface area contributed by atoms with Gasteiger partial charge in [-0.3, -0.25) is 9.59 Å². The molecule has 0 aliphatic heterocycles. The lowest BCUT2D eigenvalue weighted by molar-refractivity contribution is -0.139. The van der Waals surface area contributed by atoms with Gasteiger partial charge in [-0.1, -0.05) is 48.5 Å². The van der Waals surface area contributed by atoms with Crippen molar-refractivity contribution in [1.82, 2.24) is 10.3 Å². The third kappa shape index (κ3) is 4.83. The minimum absolute atomic E-state index is 0.0154. The van der Waals surface area contributed by atoms with E-state index in [4.69, 9.17) is 4.74 Å². The predicted molar refractivity (Wildman–Crippen MR) is 124 cm³/mol. The van der Waals surface area contributed by atoms with E-state index in [0.717, 1.165) is 22.3 Å². The molecule has 0 radical (unpaired) electrons. The highest BCUT2D eigenvalue weighted by atomic mass is 16.5. The lowest BCUT2D eigenvalue weighted by Gasteiger charge is -2.19. The van der Waals surface area contributed by atoms with Crippen molar-refractivity contribution in [2.24, 2.45) is 0 Å². The Balaban J connectivity index is 1.44. The Morgan fingerprint density at radius 1 is 1.00 bits per heavy atom. The molecule has 9 heteroatoms. The molecule has 1 aliphatic rings. The number of ether oxygens (including phenoxy) is 1. The first-order valence-corrected chi connectivity index (χ1v) is 10.6. The van der Waals surface area contributed by atoms with Crippen LogP contribution >= 0.6 is 0 Å². The number of hydrogen-bond acceptors (Lipinski definition) is 6. The second-order valence-electron chi connectivity index (χ2n) is 7.93. The number of carbonyl (C=O) groups is 3. The van der Waals surface area contributed by atoms with Crippen LogP contribution in [0.25, 0.3) is 11.1 Å². The van der Waals surface area contributed by atoms with Gasteiger partial charge in [0, 0.05) is 11.6 Å². The highest BCUT2D eigenvalue weighted by molar-refractivity contribution is 5.98. The van der Waals surface area contributed by atoms with Crippen LogP contribution in [0.3, 0.4) is 0 Å². The summed E-state index contributed by atoms with van der Waals surface area (Å²) in [5.41, 5.74) is 4.73. The summed E-state index contributed by atoms with van der Waals surface area (Å²) < 4.78 is 5.41. The van der Waals surface area contributed by atoms with E-state index in [1.807, 2.05) is 48.5 Å². The molecule has 9 nitrogen and oxygen atoms in total. The smallest absolute Gasteiger partial charge is 0.407 e. The fraction of sp³-hybridized carbons (Fsp3) is 0.200. The van der Waals surface area contributed by atoms with Gasteiger partial charge >= 0.3 is 12.1 Å². The van der Waals surface area contributed by atoms with Crippen molar-refractivity contribution < 1.29 is 29.3 Å². The number of aromatic hydroxyl groups is 1. The summed E-state index contributed by atoms with van der Waals surface area (Å²) in [6.07, 6.45) is -1.60. The molecule has 2 amide bonds. The van der Waals surface area contributed by atoms with Crippen LogP contribution in [-0.2, 0) is 14.3 Å². The minimum atomic E-state index is -1.44.